The molecule has 0 spiro atoms. The van der Waals surface area contributed by atoms with Gasteiger partial charge in [-0.2, -0.15) is 4.31 Å². The molecular weight excluding hydrogens is 330 g/mol. The third-order valence-electron chi connectivity index (χ3n) is 3.05. The van der Waals surface area contributed by atoms with Crippen LogP contribution in [0, 0.1) is 0 Å². The highest BCUT2D eigenvalue weighted by atomic mass is 35.5. The van der Waals surface area contributed by atoms with E-state index in [0.717, 1.165) is 5.56 Å². The van der Waals surface area contributed by atoms with E-state index >= 15 is 0 Å². The molecule has 0 saturated heterocycles. The van der Waals surface area contributed by atoms with Gasteiger partial charge in [0.1, 0.15) is 5.75 Å². The van der Waals surface area contributed by atoms with Crippen LogP contribution in [0.3, 0.4) is 0 Å². The van der Waals surface area contributed by atoms with Crippen LogP contribution in [-0.2, 0) is 22.4 Å². The Kier molecular flexibility index (Phi) is 5.27. The Morgan fingerprint density at radius 3 is 2.76 bits per heavy atom. The highest BCUT2D eigenvalue weighted by molar-refractivity contribution is 7.89. The topological polar surface area (TPSA) is 46.6 Å². The molecule has 0 aliphatic carbocycles. The van der Waals surface area contributed by atoms with Crippen LogP contribution in [0.2, 0.25) is 0 Å². The van der Waals surface area contributed by atoms with Crippen LogP contribution >= 0.6 is 22.9 Å². The van der Waals surface area contributed by atoms with Crippen LogP contribution in [0.25, 0.3) is 0 Å². The van der Waals surface area contributed by atoms with Crippen molar-refractivity contribution in [3.8, 4) is 5.75 Å². The van der Waals surface area contributed by atoms with Crippen LogP contribution in [0.1, 0.15) is 10.4 Å². The van der Waals surface area contributed by atoms with Gasteiger partial charge in [-0.25, -0.2) is 8.42 Å². The molecule has 0 fully saturated rings. The normalized spacial score (nSPS) is 11.8. The summed E-state index contributed by atoms with van der Waals surface area (Å²) in [5, 5.41) is 1.74. The number of methoxy groups -OCH3 is 1. The number of sulfonamides is 1. The molecule has 7 heteroatoms. The predicted octanol–water partition coefficient (Wildman–Crippen LogP) is 3.32. The van der Waals surface area contributed by atoms with Crippen molar-refractivity contribution in [2.24, 2.45) is 0 Å². The minimum atomic E-state index is -3.54. The number of thiophene rings is 1. The lowest BCUT2D eigenvalue weighted by Gasteiger charge is -2.17. The number of rotatable bonds is 6. The van der Waals surface area contributed by atoms with Crippen LogP contribution in [0.5, 0.6) is 5.75 Å². The average Bonchev–Trinajstić information content (AvgIpc) is 2.96. The molecular formula is C14H16ClNO3S2. The Labute approximate surface area is 134 Å². The fourth-order valence-electron chi connectivity index (χ4n) is 1.94. The molecule has 21 heavy (non-hydrogen) atoms. The maximum absolute atomic E-state index is 12.6. The highest BCUT2D eigenvalue weighted by Crippen LogP contribution is 2.27. The summed E-state index contributed by atoms with van der Waals surface area (Å²) in [7, 11) is -0.397. The molecule has 0 aliphatic rings. The van der Waals surface area contributed by atoms with Crippen molar-refractivity contribution >= 4 is 33.0 Å². The molecule has 0 atom stereocenters. The largest absolute Gasteiger partial charge is 0.497 e. The van der Waals surface area contributed by atoms with Crippen molar-refractivity contribution < 1.29 is 13.2 Å². The van der Waals surface area contributed by atoms with Crippen LogP contribution in [0.15, 0.2) is 40.6 Å². The third kappa shape index (κ3) is 3.58. The van der Waals surface area contributed by atoms with Gasteiger partial charge in [0.2, 0.25) is 10.0 Å². The third-order valence-corrected chi connectivity index (χ3v) is 6.42. The van der Waals surface area contributed by atoms with E-state index in [1.54, 1.807) is 25.6 Å². The second kappa shape index (κ2) is 6.79. The number of benzene rings is 1. The van der Waals surface area contributed by atoms with Gasteiger partial charge in [0.05, 0.1) is 17.9 Å². The second-order valence-corrected chi connectivity index (χ2v) is 7.74. The molecule has 2 aromatic rings. The van der Waals surface area contributed by atoms with Crippen molar-refractivity contribution in [2.75, 3.05) is 14.2 Å². The summed E-state index contributed by atoms with van der Waals surface area (Å²) >= 11 is 7.14. The minimum absolute atomic E-state index is 0.194. The molecule has 1 aromatic heterocycles. The van der Waals surface area contributed by atoms with Gasteiger partial charge < -0.3 is 4.74 Å². The van der Waals surface area contributed by atoms with Gasteiger partial charge in [-0.3, -0.25) is 0 Å². The Bertz CT molecular complexity index is 713. The predicted molar refractivity (Wildman–Crippen MR) is 85.5 cm³/mol. The highest BCUT2D eigenvalue weighted by Gasteiger charge is 2.24. The van der Waals surface area contributed by atoms with E-state index in [0.29, 0.717) is 10.6 Å². The molecule has 0 bridgehead atoms. The first-order chi connectivity index (χ1) is 9.98. The van der Waals surface area contributed by atoms with Crippen molar-refractivity contribution in [1.82, 2.24) is 4.31 Å². The van der Waals surface area contributed by atoms with Crippen LogP contribution in [-0.4, -0.2) is 26.9 Å². The van der Waals surface area contributed by atoms with Crippen LogP contribution < -0.4 is 4.74 Å². The number of hydrogen-bond acceptors (Lipinski definition) is 4. The number of halogens is 1. The van der Waals surface area contributed by atoms with Gasteiger partial charge in [0.25, 0.3) is 0 Å². The molecule has 0 N–H and O–H groups in total. The quantitative estimate of drug-likeness (QED) is 0.754. The van der Waals surface area contributed by atoms with Gasteiger partial charge in [-0.1, -0.05) is 12.1 Å². The Morgan fingerprint density at radius 1 is 1.33 bits per heavy atom. The molecule has 114 valence electrons. The summed E-state index contributed by atoms with van der Waals surface area (Å²) in [5.41, 5.74) is 0.864. The molecule has 0 saturated carbocycles. The maximum atomic E-state index is 12.6. The fraction of sp³-hybridized carbons (Fsp3) is 0.286. The fourth-order valence-corrected chi connectivity index (χ4v) is 4.77. The summed E-state index contributed by atoms with van der Waals surface area (Å²) < 4.78 is 31.6. The first kappa shape index (κ1) is 16.3. The summed E-state index contributed by atoms with van der Waals surface area (Å²) in [5.74, 6) is 0.898. The van der Waals surface area contributed by atoms with Crippen LogP contribution in [0.4, 0.5) is 0 Å². The zero-order valence-corrected chi connectivity index (χ0v) is 14.1. The summed E-state index contributed by atoms with van der Waals surface area (Å²) in [6.07, 6.45) is 0. The minimum Gasteiger partial charge on any atom is -0.497 e. The smallest absolute Gasteiger partial charge is 0.244 e. The van der Waals surface area contributed by atoms with E-state index in [1.165, 1.54) is 15.6 Å². The SMILES string of the molecule is COc1cccc(CN(C)S(=O)(=O)c2ccsc2CCl)c1. The van der Waals surface area contributed by atoms with Crippen molar-refractivity contribution in [3.63, 3.8) is 0 Å². The van der Waals surface area contributed by atoms with E-state index in [1.807, 2.05) is 24.3 Å². The molecule has 0 amide bonds. The lowest BCUT2D eigenvalue weighted by molar-refractivity contribution is 0.412. The van der Waals surface area contributed by atoms with Gasteiger partial charge in [0, 0.05) is 18.5 Å². The van der Waals surface area contributed by atoms with E-state index < -0.39 is 10.0 Å². The summed E-state index contributed by atoms with van der Waals surface area (Å²) in [6, 6.07) is 8.94. The standard InChI is InChI=1S/C14H16ClNO3S2/c1-16(10-11-4-3-5-12(8-11)19-2)21(17,18)14-6-7-20-13(14)9-15/h3-8H,9-10H2,1-2H3. The molecule has 0 aliphatic heterocycles. The zero-order chi connectivity index (χ0) is 15.5. The molecule has 4 nitrogen and oxygen atoms in total. The van der Waals surface area contributed by atoms with E-state index in [9.17, 15) is 8.42 Å². The van der Waals surface area contributed by atoms with Gasteiger partial charge >= 0.3 is 0 Å². The zero-order valence-electron chi connectivity index (χ0n) is 11.7. The maximum Gasteiger partial charge on any atom is 0.244 e. The second-order valence-electron chi connectivity index (χ2n) is 4.45. The van der Waals surface area contributed by atoms with Crippen molar-refractivity contribution in [2.45, 2.75) is 17.3 Å². The van der Waals surface area contributed by atoms with Crippen molar-refractivity contribution in [3.05, 3.63) is 46.2 Å². The molecule has 2 rings (SSSR count). The lowest BCUT2D eigenvalue weighted by Crippen LogP contribution is -2.26. The Hall–Kier alpha value is -1.08. The average molecular weight is 346 g/mol. The lowest BCUT2D eigenvalue weighted by atomic mass is 10.2. The molecule has 1 aromatic carbocycles. The number of alkyl halides is 1. The van der Waals surface area contributed by atoms with Gasteiger partial charge in [0.15, 0.2) is 0 Å². The van der Waals surface area contributed by atoms with E-state index in [-0.39, 0.29) is 17.3 Å². The summed E-state index contributed by atoms with van der Waals surface area (Å²) in [6.45, 7) is 0.275. The van der Waals surface area contributed by atoms with Gasteiger partial charge in [-0.15, -0.1) is 22.9 Å². The van der Waals surface area contributed by atoms with Gasteiger partial charge in [-0.05, 0) is 29.1 Å². The van der Waals surface area contributed by atoms with E-state index in [2.05, 4.69) is 0 Å². The number of nitrogens with zero attached hydrogens (tertiary/aromatic N) is 1. The number of ether oxygens (including phenoxy) is 1. The molecule has 1 heterocycles. The molecule has 0 unspecified atom stereocenters. The molecule has 0 radical (unpaired) electrons. The summed E-state index contributed by atoms with van der Waals surface area (Å²) in [4.78, 5) is 0.946. The van der Waals surface area contributed by atoms with E-state index in [4.69, 9.17) is 16.3 Å². The Morgan fingerprint density at radius 2 is 2.10 bits per heavy atom. The first-order valence-electron chi connectivity index (χ1n) is 6.20. The monoisotopic (exact) mass is 345 g/mol. The van der Waals surface area contributed by atoms with Crippen molar-refractivity contribution in [1.29, 1.82) is 0 Å². The number of hydrogen-bond donors (Lipinski definition) is 0. The Balaban J connectivity index is 2.24. The first-order valence-corrected chi connectivity index (χ1v) is 9.06.